The summed E-state index contributed by atoms with van der Waals surface area (Å²) in [6, 6.07) is 9.01. The van der Waals surface area contributed by atoms with Crippen molar-refractivity contribution in [2.45, 2.75) is 46.1 Å². The van der Waals surface area contributed by atoms with Gasteiger partial charge in [0, 0.05) is 10.9 Å². The number of carbonyl (C=O) groups is 1. The Morgan fingerprint density at radius 3 is 2.74 bits per heavy atom. The largest absolute Gasteiger partial charge is 0.493 e. The lowest BCUT2D eigenvalue weighted by atomic mass is 10.2. The molecule has 0 amide bonds. The minimum absolute atomic E-state index is 0.220. The molecule has 0 spiro atoms. The molecule has 0 radical (unpaired) electrons. The van der Waals surface area contributed by atoms with Crippen LogP contribution < -0.4 is 15.0 Å². The lowest BCUT2D eigenvalue weighted by molar-refractivity contribution is -0.149. The Labute approximate surface area is 225 Å². The zero-order valence-electron chi connectivity index (χ0n) is 20.0. The number of benzene rings is 2. The van der Waals surface area contributed by atoms with Gasteiger partial charge in [0.1, 0.15) is 5.82 Å². The number of rotatable bonds is 10. The van der Waals surface area contributed by atoms with Gasteiger partial charge >= 0.3 is 5.97 Å². The average molecular weight is 656 g/mol. The van der Waals surface area contributed by atoms with Crippen molar-refractivity contribution >= 4 is 61.6 Å². The number of hydrogen-bond donors (Lipinski definition) is 0. The number of hydrogen-bond acceptors (Lipinski definition) is 7. The van der Waals surface area contributed by atoms with E-state index < -0.39 is 5.97 Å². The van der Waals surface area contributed by atoms with Gasteiger partial charge < -0.3 is 14.2 Å². The van der Waals surface area contributed by atoms with Gasteiger partial charge in [0.05, 0.1) is 33.9 Å². The normalized spacial score (nSPS) is 11.4. The molecule has 3 rings (SSSR count). The predicted molar refractivity (Wildman–Crippen MR) is 148 cm³/mol. The lowest BCUT2D eigenvalue weighted by Crippen LogP contribution is -2.22. The summed E-state index contributed by atoms with van der Waals surface area (Å²) in [7, 11) is 1.52. The van der Waals surface area contributed by atoms with Crippen LogP contribution in [0, 0.1) is 3.57 Å². The Kier molecular flexibility index (Phi) is 9.67. The van der Waals surface area contributed by atoms with Gasteiger partial charge in [-0.15, -0.1) is 0 Å². The Bertz CT molecular complexity index is 1310. The van der Waals surface area contributed by atoms with Crippen molar-refractivity contribution in [3.63, 3.8) is 0 Å². The molecule has 0 saturated carbocycles. The maximum atomic E-state index is 13.3. The number of ether oxygens (including phenoxy) is 3. The second-order valence-corrected chi connectivity index (χ2v) is 10.1. The van der Waals surface area contributed by atoms with Crippen molar-refractivity contribution in [1.82, 2.24) is 9.66 Å². The Hall–Kier alpha value is -2.47. The summed E-state index contributed by atoms with van der Waals surface area (Å²) in [4.78, 5) is 29.8. The highest BCUT2D eigenvalue weighted by Gasteiger charge is 2.15. The summed E-state index contributed by atoms with van der Waals surface area (Å²) in [5.41, 5.74) is 1.11. The van der Waals surface area contributed by atoms with Crippen LogP contribution in [0.15, 0.2) is 44.7 Å². The van der Waals surface area contributed by atoms with Crippen LogP contribution in [0.3, 0.4) is 0 Å². The average Bonchev–Trinajstić information content (AvgIpc) is 2.81. The van der Waals surface area contributed by atoms with E-state index in [0.717, 1.165) is 20.9 Å². The molecule has 35 heavy (non-hydrogen) atoms. The minimum Gasteiger partial charge on any atom is -0.493 e. The molecule has 0 aliphatic heterocycles. The fourth-order valence-corrected chi connectivity index (χ4v) is 4.46. The topological polar surface area (TPSA) is 92.0 Å². The Morgan fingerprint density at radius 2 is 2.06 bits per heavy atom. The molecular formula is C25H27BrIN3O5. The van der Waals surface area contributed by atoms with Gasteiger partial charge in [-0.1, -0.05) is 29.3 Å². The van der Waals surface area contributed by atoms with Crippen LogP contribution in [-0.2, 0) is 16.0 Å². The van der Waals surface area contributed by atoms with Crippen molar-refractivity contribution < 1.29 is 19.0 Å². The number of aromatic nitrogens is 2. The van der Waals surface area contributed by atoms with E-state index in [1.165, 1.54) is 11.8 Å². The molecule has 0 bridgehead atoms. The summed E-state index contributed by atoms with van der Waals surface area (Å²) in [5, 5.41) is 4.98. The van der Waals surface area contributed by atoms with Crippen LogP contribution in [0.2, 0.25) is 0 Å². The van der Waals surface area contributed by atoms with E-state index in [4.69, 9.17) is 19.2 Å². The van der Waals surface area contributed by atoms with Gasteiger partial charge in [-0.3, -0.25) is 4.79 Å². The predicted octanol–water partition coefficient (Wildman–Crippen LogP) is 5.33. The van der Waals surface area contributed by atoms with Crippen LogP contribution >= 0.6 is 38.5 Å². The maximum absolute atomic E-state index is 13.3. The molecule has 2 aromatic carbocycles. The van der Waals surface area contributed by atoms with Gasteiger partial charge in [-0.2, -0.15) is 9.78 Å². The molecule has 186 valence electrons. The van der Waals surface area contributed by atoms with E-state index in [1.807, 2.05) is 18.2 Å². The summed E-state index contributed by atoms with van der Waals surface area (Å²) >= 11 is 5.52. The molecule has 0 atom stereocenters. The first-order valence-corrected chi connectivity index (χ1v) is 13.1. The van der Waals surface area contributed by atoms with Crippen molar-refractivity contribution in [3.8, 4) is 11.5 Å². The number of fused-ring (bicyclic) bond motifs is 1. The van der Waals surface area contributed by atoms with Gasteiger partial charge in [-0.05, 0) is 78.8 Å². The third kappa shape index (κ3) is 7.03. The number of aryl methyl sites for hydroxylation is 1. The first-order valence-electron chi connectivity index (χ1n) is 11.2. The van der Waals surface area contributed by atoms with E-state index in [0.29, 0.717) is 40.2 Å². The molecule has 1 aromatic heterocycles. The molecule has 0 N–H and O–H groups in total. The number of nitrogens with zero attached hydrogens (tertiary/aromatic N) is 3. The fraction of sp³-hybridized carbons (Fsp3) is 0.360. The molecule has 1 heterocycles. The first kappa shape index (κ1) is 27.1. The highest BCUT2D eigenvalue weighted by molar-refractivity contribution is 14.1. The van der Waals surface area contributed by atoms with Gasteiger partial charge in [0.25, 0.3) is 5.56 Å². The second-order valence-electron chi connectivity index (χ2n) is 8.02. The molecule has 10 heteroatoms. The van der Waals surface area contributed by atoms with Gasteiger partial charge in [0.2, 0.25) is 0 Å². The van der Waals surface area contributed by atoms with Gasteiger partial charge in [-0.25, -0.2) is 9.78 Å². The Balaban J connectivity index is 1.96. The van der Waals surface area contributed by atoms with E-state index in [1.54, 1.807) is 32.2 Å². The fourth-order valence-electron chi connectivity index (χ4n) is 3.32. The molecule has 0 unspecified atom stereocenters. The highest BCUT2D eigenvalue weighted by atomic mass is 127. The molecule has 0 fully saturated rings. The second kappa shape index (κ2) is 12.5. The van der Waals surface area contributed by atoms with Crippen molar-refractivity contribution in [2.24, 2.45) is 5.10 Å². The number of halogens is 2. The molecule has 0 aliphatic rings. The summed E-state index contributed by atoms with van der Waals surface area (Å²) in [6.45, 7) is 5.41. The smallest absolute Gasteiger partial charge is 0.344 e. The highest BCUT2D eigenvalue weighted by Crippen LogP contribution is 2.33. The number of methoxy groups -OCH3 is 1. The van der Waals surface area contributed by atoms with Crippen LogP contribution in [-0.4, -0.2) is 41.7 Å². The van der Waals surface area contributed by atoms with Crippen LogP contribution in [0.1, 0.15) is 45.0 Å². The number of carbonyl (C=O) groups excluding carboxylic acids is 1. The van der Waals surface area contributed by atoms with E-state index >= 15 is 0 Å². The summed E-state index contributed by atoms with van der Waals surface area (Å²) in [6.07, 6.45) is 3.86. The van der Waals surface area contributed by atoms with Crippen LogP contribution in [0.4, 0.5) is 0 Å². The molecule has 0 aliphatic carbocycles. The SMILES string of the molecule is CCCCc1nc2ccc(Br)cc2c(=O)n1N=Cc1cc(I)c(OCC(=O)OC(C)C)c(OC)c1. The van der Waals surface area contributed by atoms with Crippen molar-refractivity contribution in [1.29, 1.82) is 0 Å². The monoisotopic (exact) mass is 655 g/mol. The van der Waals surface area contributed by atoms with E-state index in [9.17, 15) is 9.59 Å². The van der Waals surface area contributed by atoms with E-state index in [2.05, 4.69) is 50.5 Å². The van der Waals surface area contributed by atoms with Crippen LogP contribution in [0.5, 0.6) is 11.5 Å². The third-order valence-corrected chi connectivity index (χ3v) is 6.20. The number of esters is 1. The molecule has 8 nitrogen and oxygen atoms in total. The zero-order chi connectivity index (χ0) is 25.5. The maximum Gasteiger partial charge on any atom is 0.344 e. The van der Waals surface area contributed by atoms with Crippen molar-refractivity contribution in [2.75, 3.05) is 13.7 Å². The third-order valence-electron chi connectivity index (χ3n) is 4.90. The lowest BCUT2D eigenvalue weighted by Gasteiger charge is -2.14. The van der Waals surface area contributed by atoms with Crippen LogP contribution in [0.25, 0.3) is 10.9 Å². The Morgan fingerprint density at radius 1 is 1.29 bits per heavy atom. The zero-order valence-corrected chi connectivity index (χ0v) is 23.8. The van der Waals surface area contributed by atoms with Gasteiger partial charge in [0.15, 0.2) is 18.1 Å². The minimum atomic E-state index is -0.460. The first-order chi connectivity index (χ1) is 16.7. The summed E-state index contributed by atoms with van der Waals surface area (Å²) in [5.74, 6) is 1.02. The summed E-state index contributed by atoms with van der Waals surface area (Å²) < 4.78 is 19.1. The quantitative estimate of drug-likeness (QED) is 0.167. The molecule has 3 aromatic rings. The standard InChI is InChI=1S/C25H27BrIN3O5/c1-5-6-7-22-29-20-9-8-17(26)12-18(20)25(32)30(22)28-13-16-10-19(27)24(21(11-16)33-4)34-14-23(31)35-15(2)3/h8-13,15H,5-7,14H2,1-4H3. The van der Waals surface area contributed by atoms with Crippen molar-refractivity contribution in [3.05, 3.63) is 60.1 Å². The molecular weight excluding hydrogens is 629 g/mol. The molecule has 0 saturated heterocycles. The number of unbranched alkanes of at least 4 members (excludes halogenated alkanes) is 1. The van der Waals surface area contributed by atoms with E-state index in [-0.39, 0.29) is 18.3 Å².